The molecule has 0 aromatic carbocycles. The average molecular weight is 149 g/mol. The van der Waals surface area contributed by atoms with Gasteiger partial charge in [0.05, 0.1) is 12.7 Å². The molecule has 0 spiro atoms. The van der Waals surface area contributed by atoms with Crippen LogP contribution in [-0.2, 0) is 9.53 Å². The molecule has 0 radical (unpaired) electrons. The number of carbonyl (C=O) groups excluding carboxylic acids is 1. The van der Waals surface area contributed by atoms with E-state index in [1.54, 1.807) is 6.92 Å². The molecular formula is C6H9ClO2. The zero-order chi connectivity index (χ0) is 7.28. The van der Waals surface area contributed by atoms with E-state index in [-0.39, 0.29) is 17.8 Å². The highest BCUT2D eigenvalue weighted by atomic mass is 35.5. The van der Waals surface area contributed by atoms with Crippen LogP contribution in [0.1, 0.15) is 13.3 Å². The lowest BCUT2D eigenvalue weighted by Crippen LogP contribution is -2.05. The predicted octanol–water partition coefficient (Wildman–Crippen LogP) is 1.69. The summed E-state index contributed by atoms with van der Waals surface area (Å²) in [7, 11) is 0. The molecule has 0 rings (SSSR count). The first-order chi connectivity index (χ1) is 4.16. The molecule has 52 valence electrons. The number of halogens is 1. The summed E-state index contributed by atoms with van der Waals surface area (Å²) < 4.78 is 4.39. The zero-order valence-electron chi connectivity index (χ0n) is 5.26. The molecule has 0 saturated carbocycles. The summed E-state index contributed by atoms with van der Waals surface area (Å²) in [6.45, 7) is 4.95. The van der Waals surface area contributed by atoms with E-state index in [0.29, 0.717) is 0 Å². The molecule has 0 fully saturated rings. The fraction of sp³-hybridized carbons (Fsp3) is 0.500. The molecule has 0 aromatic rings. The summed E-state index contributed by atoms with van der Waals surface area (Å²) in [4.78, 5) is 10.5. The third-order valence-electron chi connectivity index (χ3n) is 0.663. The smallest absolute Gasteiger partial charge is 0.312 e. The second kappa shape index (κ2) is 4.39. The lowest BCUT2D eigenvalue weighted by Gasteiger charge is -1.98. The molecule has 3 heteroatoms. The highest BCUT2D eigenvalue weighted by Gasteiger charge is 2.04. The summed E-state index contributed by atoms with van der Waals surface area (Å²) in [6, 6.07) is 0. The van der Waals surface area contributed by atoms with E-state index >= 15 is 0 Å². The van der Waals surface area contributed by atoms with Gasteiger partial charge in [0.1, 0.15) is 0 Å². The maximum atomic E-state index is 10.5. The third-order valence-corrected chi connectivity index (χ3v) is 0.817. The topological polar surface area (TPSA) is 26.3 Å². The Kier molecular flexibility index (Phi) is 4.14. The van der Waals surface area contributed by atoms with Crippen LogP contribution in [0.2, 0.25) is 0 Å². The van der Waals surface area contributed by atoms with Crippen LogP contribution < -0.4 is 0 Å². The number of carbonyl (C=O) groups is 1. The maximum absolute atomic E-state index is 10.5. The quantitative estimate of drug-likeness (QED) is 0.346. The predicted molar refractivity (Wildman–Crippen MR) is 36.2 cm³/mol. The Morgan fingerprint density at radius 3 is 2.89 bits per heavy atom. The summed E-state index contributed by atoms with van der Waals surface area (Å²) in [5, 5.41) is -0.169. The normalized spacial score (nSPS) is 12.2. The van der Waals surface area contributed by atoms with Crippen molar-refractivity contribution >= 4 is 17.6 Å². The molecule has 9 heavy (non-hydrogen) atoms. The Morgan fingerprint density at radius 2 is 2.56 bits per heavy atom. The fourth-order valence-electron chi connectivity index (χ4n) is 0.371. The molecule has 1 unspecified atom stereocenters. The molecule has 2 nitrogen and oxygen atoms in total. The van der Waals surface area contributed by atoms with E-state index in [4.69, 9.17) is 11.6 Å². The Morgan fingerprint density at radius 1 is 2.00 bits per heavy atom. The summed E-state index contributed by atoms with van der Waals surface area (Å²) >= 11 is 5.47. The van der Waals surface area contributed by atoms with E-state index in [1.807, 2.05) is 0 Å². The molecule has 0 amide bonds. The standard InChI is InChI=1S/C6H9ClO2/c1-3-9-6(8)4-5(2)7/h3,5H,1,4H2,2H3. The van der Waals surface area contributed by atoms with Gasteiger partial charge in [-0.2, -0.15) is 0 Å². The van der Waals surface area contributed by atoms with Gasteiger partial charge in [-0.25, -0.2) is 0 Å². The summed E-state index contributed by atoms with van der Waals surface area (Å²) in [5.74, 6) is -0.340. The number of esters is 1. The number of hydrogen-bond donors (Lipinski definition) is 0. The van der Waals surface area contributed by atoms with Crippen molar-refractivity contribution in [2.45, 2.75) is 18.7 Å². The summed E-state index contributed by atoms with van der Waals surface area (Å²) in [6.07, 6.45) is 1.33. The van der Waals surface area contributed by atoms with Crippen LogP contribution in [0.4, 0.5) is 0 Å². The van der Waals surface area contributed by atoms with E-state index in [2.05, 4.69) is 11.3 Å². The molecule has 0 saturated heterocycles. The highest BCUT2D eigenvalue weighted by Crippen LogP contribution is 2.00. The van der Waals surface area contributed by atoms with Gasteiger partial charge >= 0.3 is 5.97 Å². The van der Waals surface area contributed by atoms with Gasteiger partial charge in [-0.1, -0.05) is 6.58 Å². The lowest BCUT2D eigenvalue weighted by atomic mass is 10.3. The van der Waals surface area contributed by atoms with Crippen molar-refractivity contribution in [3.8, 4) is 0 Å². The van der Waals surface area contributed by atoms with Gasteiger partial charge < -0.3 is 4.74 Å². The average Bonchev–Trinajstić information content (AvgIpc) is 1.63. The molecular weight excluding hydrogens is 140 g/mol. The molecule has 0 aliphatic heterocycles. The Bertz CT molecular complexity index is 110. The van der Waals surface area contributed by atoms with Crippen molar-refractivity contribution in [1.82, 2.24) is 0 Å². The van der Waals surface area contributed by atoms with Crippen LogP contribution in [0.5, 0.6) is 0 Å². The molecule has 0 aromatic heterocycles. The fourth-order valence-corrected chi connectivity index (χ4v) is 0.497. The minimum absolute atomic E-state index is 0.169. The Hall–Kier alpha value is -0.500. The van der Waals surface area contributed by atoms with Gasteiger partial charge in [0.15, 0.2) is 0 Å². The highest BCUT2D eigenvalue weighted by molar-refractivity contribution is 6.21. The monoisotopic (exact) mass is 148 g/mol. The number of hydrogen-bond acceptors (Lipinski definition) is 2. The minimum Gasteiger partial charge on any atom is -0.435 e. The first-order valence-corrected chi connectivity index (χ1v) is 3.05. The minimum atomic E-state index is -0.340. The maximum Gasteiger partial charge on any atom is 0.312 e. The Balaban J connectivity index is 3.38. The van der Waals surface area contributed by atoms with Crippen molar-refractivity contribution < 1.29 is 9.53 Å². The number of rotatable bonds is 3. The summed E-state index contributed by atoms with van der Waals surface area (Å²) in [5.41, 5.74) is 0. The third kappa shape index (κ3) is 5.37. The SMILES string of the molecule is C=COC(=O)CC(C)Cl. The van der Waals surface area contributed by atoms with Crippen LogP contribution in [0.3, 0.4) is 0 Å². The van der Waals surface area contributed by atoms with Crippen LogP contribution in [0.25, 0.3) is 0 Å². The first kappa shape index (κ1) is 8.50. The van der Waals surface area contributed by atoms with Crippen molar-refractivity contribution in [1.29, 1.82) is 0 Å². The van der Waals surface area contributed by atoms with Crippen molar-refractivity contribution in [2.75, 3.05) is 0 Å². The van der Waals surface area contributed by atoms with Crippen LogP contribution in [0.15, 0.2) is 12.8 Å². The van der Waals surface area contributed by atoms with Gasteiger partial charge in [-0.05, 0) is 6.92 Å². The Labute approximate surface area is 59.5 Å². The molecule has 0 aliphatic carbocycles. The van der Waals surface area contributed by atoms with E-state index in [9.17, 15) is 4.79 Å². The van der Waals surface area contributed by atoms with Gasteiger partial charge in [0.25, 0.3) is 0 Å². The zero-order valence-corrected chi connectivity index (χ0v) is 6.02. The molecule has 0 bridgehead atoms. The van der Waals surface area contributed by atoms with Gasteiger partial charge in [0.2, 0.25) is 0 Å². The van der Waals surface area contributed by atoms with Crippen molar-refractivity contribution in [3.63, 3.8) is 0 Å². The second-order valence-corrected chi connectivity index (χ2v) is 2.39. The number of ether oxygens (including phenoxy) is 1. The first-order valence-electron chi connectivity index (χ1n) is 2.61. The van der Waals surface area contributed by atoms with Crippen LogP contribution >= 0.6 is 11.6 Å². The van der Waals surface area contributed by atoms with Gasteiger partial charge in [-0.15, -0.1) is 11.6 Å². The molecule has 0 aliphatic rings. The molecule has 1 atom stereocenters. The van der Waals surface area contributed by atoms with Gasteiger partial charge in [0, 0.05) is 5.38 Å². The van der Waals surface area contributed by atoms with E-state index in [0.717, 1.165) is 6.26 Å². The van der Waals surface area contributed by atoms with Crippen molar-refractivity contribution in [3.05, 3.63) is 12.8 Å². The van der Waals surface area contributed by atoms with Crippen LogP contribution in [0, 0.1) is 0 Å². The lowest BCUT2D eigenvalue weighted by molar-refractivity contribution is -0.137. The number of alkyl halides is 1. The van der Waals surface area contributed by atoms with Crippen LogP contribution in [-0.4, -0.2) is 11.3 Å². The second-order valence-electron chi connectivity index (χ2n) is 1.64. The molecule has 0 heterocycles. The molecule has 0 N–H and O–H groups in total. The van der Waals surface area contributed by atoms with E-state index in [1.165, 1.54) is 0 Å². The van der Waals surface area contributed by atoms with Crippen molar-refractivity contribution in [2.24, 2.45) is 0 Å². The largest absolute Gasteiger partial charge is 0.435 e. The van der Waals surface area contributed by atoms with Gasteiger partial charge in [-0.3, -0.25) is 4.79 Å². The van der Waals surface area contributed by atoms with E-state index < -0.39 is 0 Å².